The van der Waals surface area contributed by atoms with Crippen LogP contribution in [-0.4, -0.2) is 84.1 Å². The minimum atomic E-state index is -1.02. The number of hydrogen-bond acceptors (Lipinski definition) is 8. The van der Waals surface area contributed by atoms with Gasteiger partial charge in [0.05, 0.1) is 41.3 Å². The van der Waals surface area contributed by atoms with Crippen molar-refractivity contribution in [3.05, 3.63) is 65.1 Å². The fourth-order valence-corrected chi connectivity index (χ4v) is 6.55. The Morgan fingerprint density at radius 1 is 1.19 bits per heavy atom. The molecule has 3 aliphatic rings. The standard InChI is InChI=1S/C32H35ClFN7O2/c1-21(34)30(42)41-17-16-40(18-23(41)10-14-35)29-24-11-15-39(27-9-5-7-22-6-4-8-25(33)28(22)27)19-26(24)36-31(37-29)43-20-32(12-13-32)38(2)3/h4-9,23H,1,10-13,15-20H2,2-3H3. The fourth-order valence-electron chi connectivity index (χ4n) is 6.27. The molecule has 2 aliphatic heterocycles. The Balaban J connectivity index is 1.35. The predicted octanol–water partition coefficient (Wildman–Crippen LogP) is 4.73. The summed E-state index contributed by atoms with van der Waals surface area (Å²) >= 11 is 6.68. The van der Waals surface area contributed by atoms with Gasteiger partial charge in [0.1, 0.15) is 12.4 Å². The number of rotatable bonds is 8. The number of halogens is 2. The van der Waals surface area contributed by atoms with E-state index in [0.717, 1.165) is 52.9 Å². The predicted molar refractivity (Wildman–Crippen MR) is 165 cm³/mol. The fraction of sp³-hybridized carbons (Fsp3) is 0.438. The third kappa shape index (κ3) is 5.59. The van der Waals surface area contributed by atoms with Gasteiger partial charge in [0.15, 0.2) is 5.83 Å². The van der Waals surface area contributed by atoms with Gasteiger partial charge in [-0.05, 0) is 50.9 Å². The van der Waals surface area contributed by atoms with E-state index in [-0.39, 0.29) is 18.5 Å². The van der Waals surface area contributed by atoms with Gasteiger partial charge in [-0.15, -0.1) is 0 Å². The maximum atomic E-state index is 13.8. The number of carbonyl (C=O) groups is 1. The SMILES string of the molecule is C=C(F)C(=O)N1CCN(c2nc(OCC3(N(C)C)CC3)nc3c2CCN(c2cccc4cccc(Cl)c24)C3)CC1CC#N. The zero-order valence-electron chi connectivity index (χ0n) is 24.5. The minimum absolute atomic E-state index is 0.0101. The van der Waals surface area contributed by atoms with Crippen LogP contribution in [0.3, 0.4) is 0 Å². The van der Waals surface area contributed by atoms with Crippen molar-refractivity contribution in [2.24, 2.45) is 0 Å². The number of anilines is 2. The number of ether oxygens (including phenoxy) is 1. The Morgan fingerprint density at radius 3 is 2.65 bits per heavy atom. The van der Waals surface area contributed by atoms with Crippen molar-refractivity contribution in [3.63, 3.8) is 0 Å². The molecule has 11 heteroatoms. The first-order valence-corrected chi connectivity index (χ1v) is 15.0. The van der Waals surface area contributed by atoms with Crippen LogP contribution >= 0.6 is 11.6 Å². The second-order valence-electron chi connectivity index (χ2n) is 11.8. The Labute approximate surface area is 256 Å². The molecule has 3 aromatic rings. The van der Waals surface area contributed by atoms with Crippen LogP contribution in [0.1, 0.15) is 30.5 Å². The van der Waals surface area contributed by atoms with E-state index in [1.807, 2.05) is 18.2 Å². The average molecular weight is 604 g/mol. The molecule has 3 heterocycles. The van der Waals surface area contributed by atoms with E-state index in [1.54, 1.807) is 0 Å². The van der Waals surface area contributed by atoms with Crippen molar-refractivity contribution in [2.45, 2.75) is 43.8 Å². The smallest absolute Gasteiger partial charge is 0.318 e. The summed E-state index contributed by atoms with van der Waals surface area (Å²) < 4.78 is 20.1. The lowest BCUT2D eigenvalue weighted by Crippen LogP contribution is -2.55. The molecule has 1 amide bonds. The summed E-state index contributed by atoms with van der Waals surface area (Å²) in [7, 11) is 4.12. The molecule has 0 N–H and O–H groups in total. The summed E-state index contributed by atoms with van der Waals surface area (Å²) in [5, 5.41) is 12.3. The number of nitriles is 1. The molecule has 1 aliphatic carbocycles. The van der Waals surface area contributed by atoms with Crippen molar-refractivity contribution in [3.8, 4) is 12.1 Å². The molecule has 224 valence electrons. The van der Waals surface area contributed by atoms with Crippen molar-refractivity contribution < 1.29 is 13.9 Å². The monoisotopic (exact) mass is 603 g/mol. The van der Waals surface area contributed by atoms with Gasteiger partial charge in [0.25, 0.3) is 5.91 Å². The molecule has 2 aromatic carbocycles. The number of nitrogens with zero attached hydrogens (tertiary/aromatic N) is 7. The third-order valence-electron chi connectivity index (χ3n) is 9.04. The Morgan fingerprint density at radius 2 is 1.95 bits per heavy atom. The number of amides is 1. The van der Waals surface area contributed by atoms with Gasteiger partial charge in [0, 0.05) is 42.8 Å². The lowest BCUT2D eigenvalue weighted by Gasteiger charge is -2.42. The first-order valence-electron chi connectivity index (χ1n) is 14.6. The summed E-state index contributed by atoms with van der Waals surface area (Å²) in [5.74, 6) is -1.04. The topological polar surface area (TPSA) is 88.8 Å². The van der Waals surface area contributed by atoms with Gasteiger partial charge in [-0.2, -0.15) is 15.2 Å². The number of piperazine rings is 1. The van der Waals surface area contributed by atoms with E-state index in [1.165, 1.54) is 4.90 Å². The van der Waals surface area contributed by atoms with Crippen molar-refractivity contribution >= 4 is 39.8 Å². The average Bonchev–Trinajstić information content (AvgIpc) is 3.80. The van der Waals surface area contributed by atoms with E-state index in [4.69, 9.17) is 26.3 Å². The van der Waals surface area contributed by atoms with Crippen LogP contribution < -0.4 is 14.5 Å². The summed E-state index contributed by atoms with van der Waals surface area (Å²) in [6.45, 7) is 5.99. The van der Waals surface area contributed by atoms with Gasteiger partial charge in [-0.25, -0.2) is 4.39 Å². The molecule has 2 fully saturated rings. The van der Waals surface area contributed by atoms with E-state index >= 15 is 0 Å². The molecular weight excluding hydrogens is 569 g/mol. The molecule has 6 rings (SSSR count). The van der Waals surface area contributed by atoms with Crippen LogP contribution in [-0.2, 0) is 17.8 Å². The lowest BCUT2D eigenvalue weighted by molar-refractivity contribution is -0.131. The number of likely N-dealkylation sites (N-methyl/N-ethyl adjacent to an activating group) is 1. The third-order valence-corrected chi connectivity index (χ3v) is 9.36. The highest BCUT2D eigenvalue weighted by atomic mass is 35.5. The van der Waals surface area contributed by atoms with E-state index < -0.39 is 17.8 Å². The largest absolute Gasteiger partial charge is 0.461 e. The van der Waals surface area contributed by atoms with E-state index in [2.05, 4.69) is 59.6 Å². The van der Waals surface area contributed by atoms with Crippen LogP contribution in [0.25, 0.3) is 10.8 Å². The number of hydrogen-bond donors (Lipinski definition) is 0. The van der Waals surface area contributed by atoms with Gasteiger partial charge >= 0.3 is 6.01 Å². The minimum Gasteiger partial charge on any atom is -0.461 e. The summed E-state index contributed by atoms with van der Waals surface area (Å²) in [5.41, 5.74) is 2.93. The number of aromatic nitrogens is 2. The number of fused-ring (bicyclic) bond motifs is 2. The molecule has 43 heavy (non-hydrogen) atoms. The maximum absolute atomic E-state index is 13.8. The highest BCUT2D eigenvalue weighted by Crippen LogP contribution is 2.41. The molecule has 0 spiro atoms. The summed E-state index contributed by atoms with van der Waals surface area (Å²) in [4.78, 5) is 30.3. The molecule has 1 unspecified atom stereocenters. The molecule has 0 bridgehead atoms. The zero-order valence-corrected chi connectivity index (χ0v) is 25.3. The van der Waals surface area contributed by atoms with Crippen molar-refractivity contribution in [2.75, 3.05) is 56.7 Å². The van der Waals surface area contributed by atoms with Crippen molar-refractivity contribution in [1.29, 1.82) is 5.26 Å². The first-order chi connectivity index (χ1) is 20.7. The molecule has 0 radical (unpaired) electrons. The molecule has 9 nitrogen and oxygen atoms in total. The quantitative estimate of drug-likeness (QED) is 0.342. The van der Waals surface area contributed by atoms with Crippen molar-refractivity contribution in [1.82, 2.24) is 19.8 Å². The maximum Gasteiger partial charge on any atom is 0.318 e. The highest BCUT2D eigenvalue weighted by Gasteiger charge is 2.46. The molecular formula is C32H35ClFN7O2. The van der Waals surface area contributed by atoms with Gasteiger partial charge in [-0.1, -0.05) is 42.4 Å². The van der Waals surface area contributed by atoms with Crippen LogP contribution in [0.4, 0.5) is 15.9 Å². The van der Waals surface area contributed by atoms with Crippen LogP contribution in [0, 0.1) is 11.3 Å². The number of carbonyl (C=O) groups excluding carboxylic acids is 1. The highest BCUT2D eigenvalue weighted by molar-refractivity contribution is 6.36. The number of benzene rings is 2. The Bertz CT molecular complexity index is 1610. The van der Waals surface area contributed by atoms with E-state index in [9.17, 15) is 14.4 Å². The molecule has 1 atom stereocenters. The first kappa shape index (κ1) is 29.1. The molecule has 1 saturated heterocycles. The van der Waals surface area contributed by atoms with Crippen LogP contribution in [0.15, 0.2) is 48.8 Å². The summed E-state index contributed by atoms with van der Waals surface area (Å²) in [6, 6.07) is 14.1. The van der Waals surface area contributed by atoms with Gasteiger partial charge in [-0.3, -0.25) is 4.79 Å². The normalized spacial score (nSPS) is 19.3. The molecule has 1 saturated carbocycles. The Hall–Kier alpha value is -3.94. The second kappa shape index (κ2) is 11.6. The van der Waals surface area contributed by atoms with Crippen LogP contribution in [0.2, 0.25) is 5.02 Å². The lowest BCUT2D eigenvalue weighted by atomic mass is 10.0. The Kier molecular flexibility index (Phi) is 7.88. The second-order valence-corrected chi connectivity index (χ2v) is 12.2. The zero-order chi connectivity index (χ0) is 30.3. The van der Waals surface area contributed by atoms with Gasteiger partial charge in [0.2, 0.25) is 0 Å². The van der Waals surface area contributed by atoms with Gasteiger partial charge < -0.3 is 24.3 Å². The van der Waals surface area contributed by atoms with Crippen LogP contribution in [0.5, 0.6) is 6.01 Å². The van der Waals surface area contributed by atoms with E-state index in [0.29, 0.717) is 43.7 Å². The molecule has 1 aromatic heterocycles. The summed E-state index contributed by atoms with van der Waals surface area (Å²) in [6.07, 6.45) is 2.88.